The van der Waals surface area contributed by atoms with Gasteiger partial charge in [0.15, 0.2) is 0 Å². The van der Waals surface area contributed by atoms with Crippen LogP contribution in [0.4, 0.5) is 0 Å². The van der Waals surface area contributed by atoms with E-state index in [4.69, 9.17) is 0 Å². The quantitative estimate of drug-likeness (QED) is 0.754. The highest BCUT2D eigenvalue weighted by Crippen LogP contribution is 2.08. The monoisotopic (exact) mass is 206 g/mol. The molecule has 1 fully saturated rings. The highest BCUT2D eigenvalue weighted by atomic mass is 16.3. The Labute approximate surface area is 90.7 Å². The minimum Gasteiger partial charge on any atom is -0.390 e. The molecule has 2 atom stereocenters. The maximum absolute atomic E-state index is 9.73. The van der Waals surface area contributed by atoms with Crippen molar-refractivity contribution in [2.45, 2.75) is 18.7 Å². The van der Waals surface area contributed by atoms with E-state index in [2.05, 4.69) is 22.3 Å². The summed E-state index contributed by atoms with van der Waals surface area (Å²) in [5.74, 6) is 0. The van der Waals surface area contributed by atoms with E-state index in [-0.39, 0.29) is 12.1 Å². The molecule has 2 N–H and O–H groups in total. The zero-order valence-electron chi connectivity index (χ0n) is 9.06. The number of hydrogen-bond donors (Lipinski definition) is 2. The highest BCUT2D eigenvalue weighted by Gasteiger charge is 2.28. The van der Waals surface area contributed by atoms with Gasteiger partial charge in [-0.25, -0.2) is 0 Å². The lowest BCUT2D eigenvalue weighted by Gasteiger charge is -2.15. The minimum atomic E-state index is -0.237. The van der Waals surface area contributed by atoms with E-state index in [1.54, 1.807) is 0 Å². The molecule has 2 rings (SSSR count). The summed E-state index contributed by atoms with van der Waals surface area (Å²) in [4.78, 5) is 2.15. The van der Waals surface area contributed by atoms with E-state index >= 15 is 0 Å². The fourth-order valence-corrected chi connectivity index (χ4v) is 2.02. The molecule has 1 aliphatic rings. The third-order valence-corrected chi connectivity index (χ3v) is 2.88. The molecular formula is C12H18N2O. The Morgan fingerprint density at radius 3 is 2.67 bits per heavy atom. The predicted molar refractivity (Wildman–Crippen MR) is 60.6 cm³/mol. The summed E-state index contributed by atoms with van der Waals surface area (Å²) in [5.41, 5.74) is 1.26. The largest absolute Gasteiger partial charge is 0.390 e. The van der Waals surface area contributed by atoms with Crippen molar-refractivity contribution in [1.82, 2.24) is 10.2 Å². The maximum Gasteiger partial charge on any atom is 0.0832 e. The topological polar surface area (TPSA) is 35.5 Å². The molecule has 0 radical (unpaired) electrons. The van der Waals surface area contributed by atoms with Crippen LogP contribution < -0.4 is 5.32 Å². The van der Waals surface area contributed by atoms with Crippen LogP contribution in [0.15, 0.2) is 30.3 Å². The van der Waals surface area contributed by atoms with Gasteiger partial charge in [0.25, 0.3) is 0 Å². The highest BCUT2D eigenvalue weighted by molar-refractivity contribution is 5.14. The smallest absolute Gasteiger partial charge is 0.0832 e. The molecule has 1 aromatic rings. The fraction of sp³-hybridized carbons (Fsp3) is 0.500. The molecule has 0 aliphatic carbocycles. The Hall–Kier alpha value is -0.900. The van der Waals surface area contributed by atoms with Crippen LogP contribution in [0.25, 0.3) is 0 Å². The van der Waals surface area contributed by atoms with Crippen molar-refractivity contribution in [3.05, 3.63) is 35.9 Å². The molecule has 82 valence electrons. The summed E-state index contributed by atoms with van der Waals surface area (Å²) in [5, 5.41) is 13.1. The normalized spacial score (nSPS) is 27.1. The molecule has 0 saturated carbocycles. The van der Waals surface area contributed by atoms with Gasteiger partial charge in [0.05, 0.1) is 6.10 Å². The second-order valence-electron chi connectivity index (χ2n) is 4.26. The second kappa shape index (κ2) is 4.75. The van der Waals surface area contributed by atoms with Crippen LogP contribution in [0.2, 0.25) is 0 Å². The summed E-state index contributed by atoms with van der Waals surface area (Å²) in [6.45, 7) is 2.52. The molecular weight excluding hydrogens is 188 g/mol. The van der Waals surface area contributed by atoms with Crippen molar-refractivity contribution in [1.29, 1.82) is 0 Å². The maximum atomic E-state index is 9.73. The first kappa shape index (κ1) is 10.6. The molecule has 0 aromatic heterocycles. The fourth-order valence-electron chi connectivity index (χ4n) is 2.02. The number of aliphatic hydroxyl groups is 1. The van der Waals surface area contributed by atoms with Crippen LogP contribution in [0.3, 0.4) is 0 Å². The van der Waals surface area contributed by atoms with Crippen LogP contribution in [0.1, 0.15) is 5.56 Å². The molecule has 1 saturated heterocycles. The number of β-amino-alcohol motifs (C(OH)–C–C–N with tert-alkyl or cyclic N) is 1. The van der Waals surface area contributed by atoms with Crippen LogP contribution in [-0.2, 0) is 6.54 Å². The molecule has 1 aliphatic heterocycles. The summed E-state index contributed by atoms with van der Waals surface area (Å²) >= 11 is 0. The Kier molecular flexibility index (Phi) is 3.36. The van der Waals surface area contributed by atoms with Gasteiger partial charge in [-0.1, -0.05) is 30.3 Å². The first-order chi connectivity index (χ1) is 7.25. The van der Waals surface area contributed by atoms with Crippen molar-refractivity contribution >= 4 is 0 Å². The van der Waals surface area contributed by atoms with Crippen molar-refractivity contribution in [2.75, 3.05) is 20.1 Å². The number of rotatable bonds is 3. The van der Waals surface area contributed by atoms with E-state index in [0.29, 0.717) is 0 Å². The van der Waals surface area contributed by atoms with Gasteiger partial charge in [0.2, 0.25) is 0 Å². The summed E-state index contributed by atoms with van der Waals surface area (Å²) in [6, 6.07) is 10.5. The Bertz CT molecular complexity index is 302. The number of likely N-dealkylation sites (N-methyl/N-ethyl adjacent to an activating group) is 1. The van der Waals surface area contributed by atoms with E-state index in [1.165, 1.54) is 5.56 Å². The van der Waals surface area contributed by atoms with Gasteiger partial charge >= 0.3 is 0 Å². The molecule has 1 heterocycles. The third kappa shape index (κ3) is 2.78. The summed E-state index contributed by atoms with van der Waals surface area (Å²) < 4.78 is 0. The molecule has 0 amide bonds. The average Bonchev–Trinajstić information content (AvgIpc) is 2.56. The number of nitrogens with zero attached hydrogens (tertiary/aromatic N) is 1. The van der Waals surface area contributed by atoms with Crippen molar-refractivity contribution < 1.29 is 5.11 Å². The Morgan fingerprint density at radius 2 is 2.07 bits per heavy atom. The molecule has 0 spiro atoms. The number of benzene rings is 1. The van der Waals surface area contributed by atoms with Crippen LogP contribution in [0, 0.1) is 0 Å². The summed E-state index contributed by atoms with van der Waals surface area (Å²) in [6.07, 6.45) is -0.237. The van der Waals surface area contributed by atoms with Gasteiger partial charge in [-0.3, -0.25) is 0 Å². The van der Waals surface area contributed by atoms with Gasteiger partial charge in [0, 0.05) is 25.7 Å². The zero-order chi connectivity index (χ0) is 10.7. The predicted octanol–water partition coefficient (Wildman–Crippen LogP) is 0.451. The lowest BCUT2D eigenvalue weighted by atomic mass is 10.2. The number of hydrogen-bond acceptors (Lipinski definition) is 3. The molecule has 3 heteroatoms. The van der Waals surface area contributed by atoms with Crippen molar-refractivity contribution in [3.8, 4) is 0 Å². The Morgan fingerprint density at radius 1 is 1.33 bits per heavy atom. The van der Waals surface area contributed by atoms with E-state index in [9.17, 15) is 5.11 Å². The first-order valence-corrected chi connectivity index (χ1v) is 5.39. The molecule has 0 bridgehead atoms. The second-order valence-corrected chi connectivity index (χ2v) is 4.26. The van der Waals surface area contributed by atoms with Gasteiger partial charge < -0.3 is 15.3 Å². The first-order valence-electron chi connectivity index (χ1n) is 5.39. The summed E-state index contributed by atoms with van der Waals surface area (Å²) in [7, 11) is 2.04. The van der Waals surface area contributed by atoms with Gasteiger partial charge in [0.1, 0.15) is 0 Å². The standard InChI is InChI=1S/C12H18N2O/c1-14-8-11(12(15)9-14)13-7-10-5-3-2-4-6-10/h2-6,11-13,15H,7-9H2,1H3/t11-,12-/m1/s1. The van der Waals surface area contributed by atoms with E-state index in [1.807, 2.05) is 25.2 Å². The van der Waals surface area contributed by atoms with Gasteiger partial charge in [-0.05, 0) is 12.6 Å². The number of likely N-dealkylation sites (tertiary alicyclic amines) is 1. The van der Waals surface area contributed by atoms with Crippen molar-refractivity contribution in [2.24, 2.45) is 0 Å². The molecule has 15 heavy (non-hydrogen) atoms. The lowest BCUT2D eigenvalue weighted by molar-refractivity contribution is 0.156. The van der Waals surface area contributed by atoms with E-state index < -0.39 is 0 Å². The average molecular weight is 206 g/mol. The van der Waals surface area contributed by atoms with Gasteiger partial charge in [-0.15, -0.1) is 0 Å². The SMILES string of the molecule is CN1C[C@@H](O)[C@H](NCc2ccccc2)C1. The lowest BCUT2D eigenvalue weighted by Crippen LogP contribution is -2.38. The van der Waals surface area contributed by atoms with Crippen LogP contribution >= 0.6 is 0 Å². The molecule has 3 nitrogen and oxygen atoms in total. The minimum absolute atomic E-state index is 0.204. The zero-order valence-corrected chi connectivity index (χ0v) is 9.06. The third-order valence-electron chi connectivity index (χ3n) is 2.88. The molecule has 1 aromatic carbocycles. The van der Waals surface area contributed by atoms with Crippen LogP contribution in [-0.4, -0.2) is 42.3 Å². The number of aliphatic hydroxyl groups excluding tert-OH is 1. The Balaban J connectivity index is 1.84. The van der Waals surface area contributed by atoms with Crippen molar-refractivity contribution in [3.63, 3.8) is 0 Å². The van der Waals surface area contributed by atoms with E-state index in [0.717, 1.165) is 19.6 Å². The molecule has 0 unspecified atom stereocenters. The van der Waals surface area contributed by atoms with Crippen LogP contribution in [0.5, 0.6) is 0 Å². The number of nitrogens with one attached hydrogen (secondary N) is 1. The van der Waals surface area contributed by atoms with Gasteiger partial charge in [-0.2, -0.15) is 0 Å².